The Hall–Kier alpha value is -0.0431. The summed E-state index contributed by atoms with van der Waals surface area (Å²) in [4.78, 5) is 0. The van der Waals surface area contributed by atoms with Crippen molar-refractivity contribution in [3.05, 3.63) is 18.2 Å². The second-order valence-corrected chi connectivity index (χ2v) is 10.6. The number of methoxy groups -OCH3 is 1. The Kier molecular flexibility index (Phi) is 4.00. The van der Waals surface area contributed by atoms with Crippen molar-refractivity contribution in [3.8, 4) is 5.75 Å². The van der Waals surface area contributed by atoms with E-state index in [9.17, 15) is 0 Å². The molecule has 1 rings (SSSR count). The number of rotatable bonds is 3. The highest BCUT2D eigenvalue weighted by molar-refractivity contribution is 7.75. The summed E-state index contributed by atoms with van der Waals surface area (Å²) in [6.45, 7) is 6.93. The lowest BCUT2D eigenvalue weighted by Crippen LogP contribution is -2.40. The standard InChI is InChI=1S/C10H16ClOPSi/c1-12-10-8(13-11)6-5-7-9(10)14(2,3)4/h5-7,13H,1-4H3. The summed E-state index contributed by atoms with van der Waals surface area (Å²) in [6.07, 6.45) is 0. The lowest BCUT2D eigenvalue weighted by Gasteiger charge is -2.21. The van der Waals surface area contributed by atoms with Crippen LogP contribution in [0, 0.1) is 0 Å². The van der Waals surface area contributed by atoms with E-state index in [0.29, 0.717) is 0 Å². The molecule has 1 aromatic rings. The maximum atomic E-state index is 5.90. The molecule has 0 aliphatic heterocycles. The van der Waals surface area contributed by atoms with Crippen LogP contribution in [0.3, 0.4) is 0 Å². The first-order chi connectivity index (χ1) is 6.50. The highest BCUT2D eigenvalue weighted by Crippen LogP contribution is 2.23. The van der Waals surface area contributed by atoms with Gasteiger partial charge in [0.05, 0.1) is 15.2 Å². The predicted molar refractivity (Wildman–Crippen MR) is 69.8 cm³/mol. The SMILES string of the molecule is COc1c(PCl)cccc1[Si](C)(C)C. The maximum absolute atomic E-state index is 5.90. The summed E-state index contributed by atoms with van der Waals surface area (Å²) in [6, 6.07) is 6.26. The molecule has 0 amide bonds. The Balaban J connectivity index is 3.29. The third-order valence-corrected chi connectivity index (χ3v) is 5.35. The fourth-order valence-electron chi connectivity index (χ4n) is 1.42. The molecule has 0 aromatic heterocycles. The molecule has 4 heteroatoms. The molecule has 14 heavy (non-hydrogen) atoms. The molecule has 1 nitrogen and oxygen atoms in total. The van der Waals surface area contributed by atoms with Crippen LogP contribution < -0.4 is 15.2 Å². The fraction of sp³-hybridized carbons (Fsp3) is 0.400. The summed E-state index contributed by atoms with van der Waals surface area (Å²) < 4.78 is 5.45. The Bertz CT molecular complexity index is 322. The molecular formula is C10H16ClOPSi. The molecular weight excluding hydrogens is 231 g/mol. The second kappa shape index (κ2) is 4.65. The van der Waals surface area contributed by atoms with Crippen molar-refractivity contribution in [2.24, 2.45) is 0 Å². The van der Waals surface area contributed by atoms with Gasteiger partial charge in [-0.05, 0) is 11.3 Å². The summed E-state index contributed by atoms with van der Waals surface area (Å²) in [5.41, 5.74) is 0. The van der Waals surface area contributed by atoms with Gasteiger partial charge in [0.25, 0.3) is 0 Å². The monoisotopic (exact) mass is 246 g/mol. The summed E-state index contributed by atoms with van der Waals surface area (Å²) in [5, 5.41) is 2.47. The highest BCUT2D eigenvalue weighted by atomic mass is 35.7. The number of benzene rings is 1. The van der Waals surface area contributed by atoms with Gasteiger partial charge in [0.2, 0.25) is 0 Å². The lowest BCUT2D eigenvalue weighted by molar-refractivity contribution is 0.421. The first kappa shape index (κ1) is 12.0. The van der Waals surface area contributed by atoms with Crippen molar-refractivity contribution in [1.82, 2.24) is 0 Å². The Morgan fingerprint density at radius 3 is 2.36 bits per heavy atom. The lowest BCUT2D eigenvalue weighted by atomic mass is 10.3. The van der Waals surface area contributed by atoms with Crippen LogP contribution in [0.15, 0.2) is 18.2 Å². The minimum absolute atomic E-state index is 0.281. The topological polar surface area (TPSA) is 9.23 Å². The van der Waals surface area contributed by atoms with Crippen LogP contribution in [0.4, 0.5) is 0 Å². The van der Waals surface area contributed by atoms with Gasteiger partial charge in [0, 0.05) is 13.2 Å². The van der Waals surface area contributed by atoms with Crippen molar-refractivity contribution in [2.45, 2.75) is 19.6 Å². The Labute approximate surface area is 93.4 Å². The van der Waals surface area contributed by atoms with E-state index in [1.165, 1.54) is 5.19 Å². The van der Waals surface area contributed by atoms with Gasteiger partial charge in [-0.15, -0.1) is 0 Å². The minimum atomic E-state index is -1.33. The van der Waals surface area contributed by atoms with E-state index in [1.54, 1.807) is 7.11 Å². The summed E-state index contributed by atoms with van der Waals surface area (Å²) in [7, 11) is 0.677. The van der Waals surface area contributed by atoms with E-state index < -0.39 is 8.07 Å². The molecule has 0 fully saturated rings. The van der Waals surface area contributed by atoms with Crippen LogP contribution in [0.1, 0.15) is 0 Å². The zero-order valence-corrected chi connectivity index (χ0v) is 11.8. The van der Waals surface area contributed by atoms with E-state index in [0.717, 1.165) is 11.1 Å². The molecule has 0 bridgehead atoms. The van der Waals surface area contributed by atoms with Crippen molar-refractivity contribution in [3.63, 3.8) is 0 Å². The van der Waals surface area contributed by atoms with Crippen LogP contribution >= 0.6 is 19.2 Å². The average Bonchev–Trinajstić information content (AvgIpc) is 2.15. The summed E-state index contributed by atoms with van der Waals surface area (Å²) in [5.74, 6) is 1.00. The van der Waals surface area contributed by atoms with Crippen LogP contribution in [0.2, 0.25) is 19.6 Å². The first-order valence-electron chi connectivity index (χ1n) is 4.55. The van der Waals surface area contributed by atoms with Crippen molar-refractivity contribution in [2.75, 3.05) is 7.11 Å². The fourth-order valence-corrected chi connectivity index (χ4v) is 3.99. The third-order valence-electron chi connectivity index (χ3n) is 2.13. The molecule has 1 unspecified atom stereocenters. The molecule has 0 aliphatic carbocycles. The molecule has 0 radical (unpaired) electrons. The average molecular weight is 247 g/mol. The Morgan fingerprint density at radius 2 is 1.93 bits per heavy atom. The molecule has 0 saturated carbocycles. The Morgan fingerprint density at radius 1 is 1.29 bits per heavy atom. The van der Waals surface area contributed by atoms with Crippen molar-refractivity contribution in [1.29, 1.82) is 0 Å². The molecule has 78 valence electrons. The molecule has 1 aromatic carbocycles. The minimum Gasteiger partial charge on any atom is -0.496 e. The highest BCUT2D eigenvalue weighted by Gasteiger charge is 2.22. The van der Waals surface area contributed by atoms with Crippen LogP contribution in [0.25, 0.3) is 0 Å². The number of ether oxygens (including phenoxy) is 1. The van der Waals surface area contributed by atoms with Crippen molar-refractivity contribution < 1.29 is 4.74 Å². The van der Waals surface area contributed by atoms with Crippen molar-refractivity contribution >= 4 is 37.7 Å². The molecule has 0 spiro atoms. The molecule has 0 heterocycles. The number of para-hydroxylation sites is 1. The third kappa shape index (κ3) is 2.50. The summed E-state index contributed by atoms with van der Waals surface area (Å²) >= 11 is 5.90. The van der Waals surface area contributed by atoms with Crippen LogP contribution in [-0.2, 0) is 0 Å². The van der Waals surface area contributed by atoms with Gasteiger partial charge >= 0.3 is 0 Å². The molecule has 0 saturated heterocycles. The smallest absolute Gasteiger partial charge is 0.126 e. The number of halogens is 1. The predicted octanol–water partition coefficient (Wildman–Crippen LogP) is 2.70. The maximum Gasteiger partial charge on any atom is 0.126 e. The van der Waals surface area contributed by atoms with E-state index in [1.807, 2.05) is 6.07 Å². The zero-order valence-electron chi connectivity index (χ0n) is 9.02. The number of hydrogen-bond donors (Lipinski definition) is 0. The van der Waals surface area contributed by atoms with Crippen LogP contribution in [0.5, 0.6) is 5.75 Å². The first-order valence-corrected chi connectivity index (χ1v) is 10.1. The van der Waals surface area contributed by atoms with E-state index in [-0.39, 0.29) is 7.93 Å². The van der Waals surface area contributed by atoms with E-state index in [2.05, 4.69) is 31.8 Å². The molecule has 0 aliphatic rings. The van der Waals surface area contributed by atoms with Gasteiger partial charge in [-0.2, -0.15) is 0 Å². The zero-order chi connectivity index (χ0) is 10.8. The quantitative estimate of drug-likeness (QED) is 0.589. The van der Waals surface area contributed by atoms with Gasteiger partial charge in [-0.3, -0.25) is 0 Å². The van der Waals surface area contributed by atoms with Gasteiger partial charge < -0.3 is 4.74 Å². The van der Waals surface area contributed by atoms with Gasteiger partial charge in [-0.25, -0.2) is 0 Å². The van der Waals surface area contributed by atoms with Gasteiger partial charge in [-0.1, -0.05) is 43.0 Å². The normalized spacial score (nSPS) is 12.4. The second-order valence-electron chi connectivity index (χ2n) is 4.23. The van der Waals surface area contributed by atoms with Gasteiger partial charge in [0.1, 0.15) is 5.75 Å². The van der Waals surface area contributed by atoms with E-state index >= 15 is 0 Å². The molecule has 0 N–H and O–H groups in total. The number of hydrogen-bond acceptors (Lipinski definition) is 1. The van der Waals surface area contributed by atoms with Crippen LogP contribution in [-0.4, -0.2) is 15.2 Å². The van der Waals surface area contributed by atoms with Gasteiger partial charge in [0.15, 0.2) is 0 Å². The largest absolute Gasteiger partial charge is 0.496 e. The van der Waals surface area contributed by atoms with E-state index in [4.69, 9.17) is 16.0 Å². The molecule has 1 atom stereocenters.